The van der Waals surface area contributed by atoms with Crippen LogP contribution in [0, 0.1) is 5.92 Å². The maximum absolute atomic E-state index is 12.1. The van der Waals surface area contributed by atoms with Gasteiger partial charge in [0, 0.05) is 30.9 Å². The van der Waals surface area contributed by atoms with E-state index in [2.05, 4.69) is 39.9 Å². The Labute approximate surface area is 147 Å². The van der Waals surface area contributed by atoms with E-state index in [0.717, 1.165) is 32.5 Å². The first-order valence-electron chi connectivity index (χ1n) is 7.93. The van der Waals surface area contributed by atoms with Crippen molar-refractivity contribution < 1.29 is 4.79 Å². The lowest BCUT2D eigenvalue weighted by Gasteiger charge is -2.31. The SMILES string of the molecule is Cl.NCCNC(=O)C1CCCN(Cc2csc3ccccc23)C1. The standard InChI is InChI=1S/C17H23N3OS.ClH/c18-7-8-19-17(21)13-4-3-9-20(10-13)11-14-12-22-16-6-2-1-5-15(14)16;/h1-2,5-6,12-13H,3-4,7-11,18H2,(H,19,21);1H. The minimum Gasteiger partial charge on any atom is -0.355 e. The number of nitrogens with zero attached hydrogens (tertiary/aromatic N) is 1. The first-order valence-corrected chi connectivity index (χ1v) is 8.81. The molecule has 0 aliphatic carbocycles. The van der Waals surface area contributed by atoms with Gasteiger partial charge < -0.3 is 11.1 Å². The van der Waals surface area contributed by atoms with Crippen LogP contribution in [0.2, 0.25) is 0 Å². The zero-order chi connectivity index (χ0) is 15.4. The van der Waals surface area contributed by atoms with Gasteiger partial charge in [0.15, 0.2) is 0 Å². The van der Waals surface area contributed by atoms with Gasteiger partial charge in [-0.1, -0.05) is 18.2 Å². The minimum atomic E-state index is 0. The van der Waals surface area contributed by atoms with E-state index in [4.69, 9.17) is 5.73 Å². The normalized spacial score (nSPS) is 18.6. The van der Waals surface area contributed by atoms with E-state index >= 15 is 0 Å². The average molecular weight is 354 g/mol. The van der Waals surface area contributed by atoms with Crippen molar-refractivity contribution in [1.82, 2.24) is 10.2 Å². The highest BCUT2D eigenvalue weighted by atomic mass is 35.5. The average Bonchev–Trinajstić information content (AvgIpc) is 2.96. The second-order valence-corrected chi connectivity index (χ2v) is 6.82. The fourth-order valence-corrected chi connectivity index (χ4v) is 4.10. The van der Waals surface area contributed by atoms with Crippen LogP contribution in [0.5, 0.6) is 0 Å². The van der Waals surface area contributed by atoms with Crippen LogP contribution in [0.3, 0.4) is 0 Å². The molecule has 0 bridgehead atoms. The third kappa shape index (κ3) is 4.44. The Morgan fingerprint density at radius 3 is 3.04 bits per heavy atom. The Bertz CT molecular complexity index is 646. The Kier molecular flexibility index (Phi) is 6.84. The zero-order valence-electron chi connectivity index (χ0n) is 13.2. The molecule has 1 unspecified atom stereocenters. The quantitative estimate of drug-likeness (QED) is 0.868. The summed E-state index contributed by atoms with van der Waals surface area (Å²) in [5.41, 5.74) is 6.83. The number of nitrogens with one attached hydrogen (secondary N) is 1. The predicted octanol–water partition coefficient (Wildman–Crippen LogP) is 2.61. The van der Waals surface area contributed by atoms with Gasteiger partial charge in [-0.2, -0.15) is 0 Å². The number of halogens is 1. The zero-order valence-corrected chi connectivity index (χ0v) is 14.8. The van der Waals surface area contributed by atoms with Crippen LogP contribution in [-0.4, -0.2) is 37.0 Å². The smallest absolute Gasteiger partial charge is 0.224 e. The van der Waals surface area contributed by atoms with Gasteiger partial charge in [0.25, 0.3) is 0 Å². The molecule has 1 aromatic heterocycles. The molecule has 0 spiro atoms. The van der Waals surface area contributed by atoms with E-state index in [1.54, 1.807) is 11.3 Å². The molecule has 1 atom stereocenters. The first-order chi connectivity index (χ1) is 10.8. The van der Waals surface area contributed by atoms with Crippen molar-refractivity contribution in [2.75, 3.05) is 26.2 Å². The molecule has 3 rings (SSSR count). The molecule has 0 saturated carbocycles. The van der Waals surface area contributed by atoms with Gasteiger partial charge in [0.05, 0.1) is 5.92 Å². The lowest BCUT2D eigenvalue weighted by molar-refractivity contribution is -0.126. The van der Waals surface area contributed by atoms with Crippen molar-refractivity contribution in [2.45, 2.75) is 19.4 Å². The van der Waals surface area contributed by atoms with E-state index in [0.29, 0.717) is 13.1 Å². The van der Waals surface area contributed by atoms with E-state index in [-0.39, 0.29) is 24.2 Å². The van der Waals surface area contributed by atoms with E-state index in [1.807, 2.05) is 0 Å². The number of benzene rings is 1. The minimum absolute atomic E-state index is 0. The number of fused-ring (bicyclic) bond motifs is 1. The Balaban J connectivity index is 0.00000192. The van der Waals surface area contributed by atoms with Crippen LogP contribution in [-0.2, 0) is 11.3 Å². The van der Waals surface area contributed by atoms with Gasteiger partial charge >= 0.3 is 0 Å². The van der Waals surface area contributed by atoms with Crippen molar-refractivity contribution in [3.05, 3.63) is 35.2 Å². The van der Waals surface area contributed by atoms with E-state index < -0.39 is 0 Å². The number of carbonyl (C=O) groups excluding carboxylic acids is 1. The molecule has 3 N–H and O–H groups in total. The number of nitrogens with two attached hydrogens (primary N) is 1. The van der Waals surface area contributed by atoms with Gasteiger partial charge in [-0.25, -0.2) is 0 Å². The summed E-state index contributed by atoms with van der Waals surface area (Å²) in [5, 5.41) is 6.52. The van der Waals surface area contributed by atoms with Crippen molar-refractivity contribution in [3.63, 3.8) is 0 Å². The molecule has 1 aliphatic heterocycles. The Morgan fingerprint density at radius 2 is 2.22 bits per heavy atom. The second-order valence-electron chi connectivity index (χ2n) is 5.91. The summed E-state index contributed by atoms with van der Waals surface area (Å²) < 4.78 is 1.34. The lowest BCUT2D eigenvalue weighted by Crippen LogP contribution is -2.43. The summed E-state index contributed by atoms with van der Waals surface area (Å²) >= 11 is 1.80. The summed E-state index contributed by atoms with van der Waals surface area (Å²) in [6.07, 6.45) is 2.07. The van der Waals surface area contributed by atoms with Crippen LogP contribution < -0.4 is 11.1 Å². The molecular formula is C17H24ClN3OS. The van der Waals surface area contributed by atoms with Crippen molar-refractivity contribution in [2.24, 2.45) is 11.7 Å². The highest BCUT2D eigenvalue weighted by molar-refractivity contribution is 7.17. The highest BCUT2D eigenvalue weighted by Crippen LogP contribution is 2.28. The van der Waals surface area contributed by atoms with Crippen molar-refractivity contribution >= 4 is 39.7 Å². The monoisotopic (exact) mass is 353 g/mol. The number of piperidine rings is 1. The maximum atomic E-state index is 12.1. The molecule has 2 aromatic rings. The van der Waals surface area contributed by atoms with Crippen LogP contribution in [0.4, 0.5) is 0 Å². The van der Waals surface area contributed by atoms with Gasteiger partial charge in [0.2, 0.25) is 5.91 Å². The molecule has 4 nitrogen and oxygen atoms in total. The fourth-order valence-electron chi connectivity index (χ4n) is 3.15. The predicted molar refractivity (Wildman–Crippen MR) is 99.1 cm³/mol. The molecule has 1 saturated heterocycles. The van der Waals surface area contributed by atoms with Crippen LogP contribution >= 0.6 is 23.7 Å². The van der Waals surface area contributed by atoms with Crippen LogP contribution in [0.15, 0.2) is 29.6 Å². The summed E-state index contributed by atoms with van der Waals surface area (Å²) in [5.74, 6) is 0.260. The molecule has 2 heterocycles. The van der Waals surface area contributed by atoms with Crippen molar-refractivity contribution in [3.8, 4) is 0 Å². The number of thiophene rings is 1. The summed E-state index contributed by atoms with van der Waals surface area (Å²) in [6.45, 7) is 3.93. The number of likely N-dealkylation sites (tertiary alicyclic amines) is 1. The largest absolute Gasteiger partial charge is 0.355 e. The number of amides is 1. The molecular weight excluding hydrogens is 330 g/mol. The molecule has 126 valence electrons. The Morgan fingerprint density at radius 1 is 1.39 bits per heavy atom. The molecule has 1 aromatic carbocycles. The maximum Gasteiger partial charge on any atom is 0.224 e. The van der Waals surface area contributed by atoms with Gasteiger partial charge in [-0.15, -0.1) is 23.7 Å². The fraction of sp³-hybridized carbons (Fsp3) is 0.471. The molecule has 1 amide bonds. The molecule has 1 aliphatic rings. The number of rotatable bonds is 5. The molecule has 0 radical (unpaired) electrons. The second kappa shape index (κ2) is 8.64. The number of hydrogen-bond donors (Lipinski definition) is 2. The summed E-state index contributed by atoms with van der Waals surface area (Å²) in [6, 6.07) is 8.54. The molecule has 23 heavy (non-hydrogen) atoms. The van der Waals surface area contributed by atoms with Gasteiger partial charge in [-0.05, 0) is 41.8 Å². The van der Waals surface area contributed by atoms with Crippen LogP contribution in [0.25, 0.3) is 10.1 Å². The van der Waals surface area contributed by atoms with E-state index in [9.17, 15) is 4.79 Å². The van der Waals surface area contributed by atoms with Crippen LogP contribution in [0.1, 0.15) is 18.4 Å². The van der Waals surface area contributed by atoms with Gasteiger partial charge in [0.1, 0.15) is 0 Å². The third-order valence-electron chi connectivity index (χ3n) is 4.27. The number of carbonyl (C=O) groups is 1. The highest BCUT2D eigenvalue weighted by Gasteiger charge is 2.25. The van der Waals surface area contributed by atoms with Gasteiger partial charge in [-0.3, -0.25) is 9.69 Å². The lowest BCUT2D eigenvalue weighted by atomic mass is 9.96. The summed E-state index contributed by atoms with van der Waals surface area (Å²) in [4.78, 5) is 14.5. The topological polar surface area (TPSA) is 58.4 Å². The Hall–Kier alpha value is -1.14. The molecule has 1 fully saturated rings. The first kappa shape index (κ1) is 18.2. The third-order valence-corrected chi connectivity index (χ3v) is 5.29. The number of hydrogen-bond acceptors (Lipinski definition) is 4. The van der Waals surface area contributed by atoms with E-state index in [1.165, 1.54) is 15.6 Å². The summed E-state index contributed by atoms with van der Waals surface area (Å²) in [7, 11) is 0. The molecule has 6 heteroatoms. The van der Waals surface area contributed by atoms with Crippen molar-refractivity contribution in [1.29, 1.82) is 0 Å².